The van der Waals surface area contributed by atoms with Gasteiger partial charge in [0.05, 0.1) is 20.9 Å². The van der Waals surface area contributed by atoms with E-state index in [2.05, 4.69) is 52.4 Å². The summed E-state index contributed by atoms with van der Waals surface area (Å²) in [7, 11) is 0. The summed E-state index contributed by atoms with van der Waals surface area (Å²) in [6, 6.07) is 11.6. The Labute approximate surface area is 206 Å². The number of amides is 1. The van der Waals surface area contributed by atoms with Crippen LogP contribution in [0.2, 0.25) is 0 Å². The van der Waals surface area contributed by atoms with Gasteiger partial charge in [-0.2, -0.15) is 5.10 Å². The van der Waals surface area contributed by atoms with E-state index >= 15 is 0 Å². The van der Waals surface area contributed by atoms with Crippen molar-refractivity contribution in [2.45, 2.75) is 25.6 Å². The fraction of sp³-hybridized carbons (Fsp3) is 0.182. The summed E-state index contributed by atoms with van der Waals surface area (Å²) in [4.78, 5) is 20.6. The third-order valence-electron chi connectivity index (χ3n) is 4.01. The second kappa shape index (κ2) is 11.5. The van der Waals surface area contributed by atoms with Crippen molar-refractivity contribution in [1.82, 2.24) is 15.4 Å². The van der Waals surface area contributed by atoms with Crippen LogP contribution in [0.25, 0.3) is 0 Å². The number of carbonyl (C=O) groups is 1. The van der Waals surface area contributed by atoms with Gasteiger partial charge in [-0.3, -0.25) is 4.79 Å². The van der Waals surface area contributed by atoms with Crippen molar-refractivity contribution in [2.24, 2.45) is 5.10 Å². The third kappa shape index (κ3) is 7.39. The summed E-state index contributed by atoms with van der Waals surface area (Å²) in [5.41, 5.74) is 5.82. The predicted molar refractivity (Wildman–Crippen MR) is 131 cm³/mol. The summed E-state index contributed by atoms with van der Waals surface area (Å²) < 4.78 is 20.3. The second-order valence-electron chi connectivity index (χ2n) is 6.74. The zero-order valence-electron chi connectivity index (χ0n) is 17.2. The van der Waals surface area contributed by atoms with Crippen molar-refractivity contribution in [3.8, 4) is 5.75 Å². The first-order valence-corrected chi connectivity index (χ1v) is 12.0. The topological polar surface area (TPSA) is 76.5 Å². The molecule has 0 bridgehead atoms. The molecule has 0 atom stereocenters. The summed E-state index contributed by atoms with van der Waals surface area (Å²) in [6.07, 6.45) is 1.54. The number of aromatic nitrogens is 2. The van der Waals surface area contributed by atoms with Gasteiger partial charge in [0.25, 0.3) is 5.91 Å². The molecule has 0 saturated carbocycles. The molecule has 3 aromatic rings. The molecule has 166 valence electrons. The molecule has 0 fully saturated rings. The van der Waals surface area contributed by atoms with Gasteiger partial charge in [0.2, 0.25) is 0 Å². The molecule has 1 N–H and O–H groups in total. The van der Waals surface area contributed by atoms with Crippen molar-refractivity contribution in [3.05, 3.63) is 79.7 Å². The molecule has 3 rings (SSSR count). The highest BCUT2D eigenvalue weighted by molar-refractivity contribution is 9.11. The summed E-state index contributed by atoms with van der Waals surface area (Å²) in [6.45, 7) is 4.07. The van der Waals surface area contributed by atoms with Gasteiger partial charge in [-0.15, -0.1) is 0 Å². The van der Waals surface area contributed by atoms with Crippen LogP contribution in [0, 0.1) is 19.7 Å². The van der Waals surface area contributed by atoms with Crippen LogP contribution in [0.15, 0.2) is 61.7 Å². The lowest BCUT2D eigenvalue weighted by atomic mass is 10.2. The zero-order chi connectivity index (χ0) is 23.1. The number of nitrogens with zero attached hydrogens (tertiary/aromatic N) is 3. The molecule has 2 aromatic carbocycles. The lowest BCUT2D eigenvalue weighted by molar-refractivity contribution is -0.118. The van der Waals surface area contributed by atoms with Gasteiger partial charge < -0.3 is 4.74 Å². The Morgan fingerprint density at radius 3 is 2.38 bits per heavy atom. The minimum Gasteiger partial charge on any atom is -0.487 e. The van der Waals surface area contributed by atoms with Gasteiger partial charge in [0.1, 0.15) is 18.2 Å². The fourth-order valence-corrected chi connectivity index (χ4v) is 4.82. The Hall–Kier alpha value is -2.30. The lowest BCUT2D eigenvalue weighted by Gasteiger charge is -2.11. The Kier molecular flexibility index (Phi) is 8.77. The molecule has 0 saturated heterocycles. The minimum absolute atomic E-state index is 0.157. The number of carbonyl (C=O) groups excluding carboxylic acids is 1. The minimum atomic E-state index is -0.288. The number of hydrazone groups is 1. The molecule has 0 spiro atoms. The lowest BCUT2D eigenvalue weighted by Crippen LogP contribution is -2.19. The van der Waals surface area contributed by atoms with E-state index in [4.69, 9.17) is 4.74 Å². The molecule has 0 radical (unpaired) electrons. The predicted octanol–water partition coefficient (Wildman–Crippen LogP) is 5.58. The van der Waals surface area contributed by atoms with Crippen LogP contribution in [0.1, 0.15) is 22.5 Å². The summed E-state index contributed by atoms with van der Waals surface area (Å²) >= 11 is 8.22. The number of hydrogen-bond donors (Lipinski definition) is 1. The summed E-state index contributed by atoms with van der Waals surface area (Å²) in [5, 5.41) is 4.57. The molecular weight excluding hydrogens is 563 g/mol. The van der Waals surface area contributed by atoms with Gasteiger partial charge in [-0.25, -0.2) is 19.8 Å². The molecule has 32 heavy (non-hydrogen) atoms. The number of benzene rings is 2. The van der Waals surface area contributed by atoms with Crippen LogP contribution in [-0.2, 0) is 11.4 Å². The van der Waals surface area contributed by atoms with Crippen molar-refractivity contribution < 1.29 is 13.9 Å². The van der Waals surface area contributed by atoms with Crippen LogP contribution < -0.4 is 10.2 Å². The van der Waals surface area contributed by atoms with Crippen molar-refractivity contribution in [2.75, 3.05) is 5.75 Å². The third-order valence-corrected chi connectivity index (χ3v) is 6.04. The van der Waals surface area contributed by atoms with Gasteiger partial charge in [-0.1, -0.05) is 23.9 Å². The molecule has 0 unspecified atom stereocenters. The number of nitrogens with one attached hydrogen (secondary N) is 1. The van der Waals surface area contributed by atoms with Crippen LogP contribution in [0.3, 0.4) is 0 Å². The number of hydrogen-bond acceptors (Lipinski definition) is 6. The maximum absolute atomic E-state index is 13.0. The van der Waals surface area contributed by atoms with E-state index < -0.39 is 0 Å². The zero-order valence-corrected chi connectivity index (χ0v) is 21.2. The Morgan fingerprint density at radius 1 is 1.12 bits per heavy atom. The average molecular weight is 582 g/mol. The molecular formula is C22H19Br2FN4O2S. The standard InChI is InChI=1S/C22H19Br2FN4O2S/c1-13-7-14(2)28-22(27-13)32-12-20(30)29-26-10-16-8-18(23)21(19(24)9-16)31-11-15-3-5-17(25)6-4-15/h3-10H,11-12H2,1-2H3,(H,29,30)/b26-10-. The Bertz CT molecular complexity index is 1100. The normalized spacial score (nSPS) is 11.0. The molecule has 10 heteroatoms. The number of halogens is 3. The smallest absolute Gasteiger partial charge is 0.250 e. The maximum Gasteiger partial charge on any atom is 0.250 e. The maximum atomic E-state index is 13.0. The average Bonchev–Trinajstić information content (AvgIpc) is 2.72. The second-order valence-corrected chi connectivity index (χ2v) is 9.40. The van der Waals surface area contributed by atoms with E-state index in [1.807, 2.05) is 32.0 Å². The number of ether oxygens (including phenoxy) is 1. The van der Waals surface area contributed by atoms with E-state index in [0.29, 0.717) is 26.5 Å². The van der Waals surface area contributed by atoms with Gasteiger partial charge in [0, 0.05) is 11.4 Å². The monoisotopic (exact) mass is 580 g/mol. The molecule has 0 aliphatic heterocycles. The van der Waals surface area contributed by atoms with E-state index in [1.54, 1.807) is 12.1 Å². The van der Waals surface area contributed by atoms with E-state index in [-0.39, 0.29) is 17.5 Å². The Balaban J connectivity index is 1.53. The van der Waals surface area contributed by atoms with Crippen molar-refractivity contribution in [1.29, 1.82) is 0 Å². The van der Waals surface area contributed by atoms with Gasteiger partial charge >= 0.3 is 0 Å². The molecule has 6 nitrogen and oxygen atoms in total. The molecule has 1 aromatic heterocycles. The fourth-order valence-electron chi connectivity index (χ4n) is 2.63. The number of aryl methyl sites for hydroxylation is 2. The first-order chi connectivity index (χ1) is 15.3. The summed E-state index contributed by atoms with van der Waals surface area (Å²) in [5.74, 6) is 0.222. The van der Waals surface area contributed by atoms with E-state index in [0.717, 1.165) is 22.5 Å². The molecule has 0 aliphatic rings. The Morgan fingerprint density at radius 2 is 1.75 bits per heavy atom. The molecule has 0 aliphatic carbocycles. The van der Waals surface area contributed by atoms with E-state index in [9.17, 15) is 9.18 Å². The number of rotatable bonds is 8. The van der Waals surface area contributed by atoms with Crippen molar-refractivity contribution in [3.63, 3.8) is 0 Å². The first-order valence-electron chi connectivity index (χ1n) is 9.43. The molecule has 1 heterocycles. The largest absolute Gasteiger partial charge is 0.487 e. The highest BCUT2D eigenvalue weighted by Gasteiger charge is 2.10. The van der Waals surface area contributed by atoms with Crippen LogP contribution in [-0.4, -0.2) is 27.8 Å². The van der Waals surface area contributed by atoms with Crippen LogP contribution >= 0.6 is 43.6 Å². The highest BCUT2D eigenvalue weighted by atomic mass is 79.9. The number of thioether (sulfide) groups is 1. The SMILES string of the molecule is Cc1cc(C)nc(SCC(=O)N/N=C\c2cc(Br)c(OCc3ccc(F)cc3)c(Br)c2)n1. The first kappa shape index (κ1) is 24.3. The van der Waals surface area contributed by atoms with Crippen LogP contribution in [0.5, 0.6) is 5.75 Å². The van der Waals surface area contributed by atoms with Crippen LogP contribution in [0.4, 0.5) is 4.39 Å². The highest BCUT2D eigenvalue weighted by Crippen LogP contribution is 2.35. The van der Waals surface area contributed by atoms with E-state index in [1.165, 1.54) is 30.1 Å². The quantitative estimate of drug-likeness (QED) is 0.163. The van der Waals surface area contributed by atoms with Crippen molar-refractivity contribution >= 4 is 55.7 Å². The molecule has 1 amide bonds. The van der Waals surface area contributed by atoms with Gasteiger partial charge in [-0.05, 0) is 87.2 Å². The van der Waals surface area contributed by atoms with Gasteiger partial charge in [0.15, 0.2) is 5.16 Å².